The highest BCUT2D eigenvalue weighted by Crippen LogP contribution is 2.24. The van der Waals surface area contributed by atoms with Crippen LogP contribution in [0.4, 0.5) is 17.5 Å². The van der Waals surface area contributed by atoms with E-state index in [9.17, 15) is 59.1 Å². The van der Waals surface area contributed by atoms with Gasteiger partial charge >= 0.3 is 11.9 Å². The van der Waals surface area contributed by atoms with Crippen LogP contribution in [0.1, 0.15) is 125 Å². The molecule has 0 aliphatic carbocycles. The quantitative estimate of drug-likeness (QED) is 0.0242. The summed E-state index contributed by atoms with van der Waals surface area (Å²) in [6.07, 6.45) is 14.3. The number of amides is 2. The maximum absolute atomic E-state index is 12.4. The molecule has 3 unspecified atom stereocenters. The molecular formula is C68H92N12O15S3. The van der Waals surface area contributed by atoms with Gasteiger partial charge in [0.25, 0.3) is 0 Å². The molecule has 0 spiro atoms. The number of nitrogens with zero attached hydrogens (tertiary/aromatic N) is 3. The molecule has 3 aliphatic rings. The number of Topliss-reactive ketones (excluding diaryl/α,β-unsaturated/α-hetero) is 2. The maximum atomic E-state index is 12.4. The van der Waals surface area contributed by atoms with Crippen molar-refractivity contribution in [3.63, 3.8) is 0 Å². The zero-order valence-electron chi connectivity index (χ0n) is 55.3. The lowest BCUT2D eigenvalue weighted by atomic mass is 10.1. The van der Waals surface area contributed by atoms with Crippen LogP contribution < -0.4 is 46.5 Å². The van der Waals surface area contributed by atoms with E-state index in [1.54, 1.807) is 54.6 Å². The average Bonchev–Trinajstić information content (AvgIpc) is 0.900. The minimum absolute atomic E-state index is 0. The molecule has 14 N–H and O–H groups in total. The first kappa shape index (κ1) is 80.1. The van der Waals surface area contributed by atoms with Crippen LogP contribution in [0.3, 0.4) is 0 Å². The minimum atomic E-state index is -4.00. The Hall–Kier alpha value is -8.62. The summed E-state index contributed by atoms with van der Waals surface area (Å²) < 4.78 is 79.9. The molecular weight excluding hydrogens is 1320 g/mol. The van der Waals surface area contributed by atoms with Crippen molar-refractivity contribution in [3.8, 4) is 0 Å². The number of hydrogen-bond donors (Lipinski definition) is 11. The molecule has 98 heavy (non-hydrogen) atoms. The molecule has 27 nitrogen and oxygen atoms in total. The number of carbonyl (C=O) groups excluding carboxylic acids is 4. The number of ketones is 2. The molecule has 0 radical (unpaired) electrons. The van der Waals surface area contributed by atoms with Crippen molar-refractivity contribution in [1.29, 1.82) is 0 Å². The molecule has 0 fully saturated rings. The molecule has 532 valence electrons. The van der Waals surface area contributed by atoms with E-state index in [1.807, 2.05) is 12.1 Å². The monoisotopic (exact) mass is 1410 g/mol. The molecule has 3 aromatic heterocycles. The van der Waals surface area contributed by atoms with Crippen molar-refractivity contribution < 1.29 is 69.7 Å². The number of nitrogens with two attached hydrogens (primary N) is 1. The summed E-state index contributed by atoms with van der Waals surface area (Å²) >= 11 is 0. The van der Waals surface area contributed by atoms with E-state index in [0.717, 1.165) is 131 Å². The summed E-state index contributed by atoms with van der Waals surface area (Å²) in [6, 6.07) is 32.3. The van der Waals surface area contributed by atoms with Crippen molar-refractivity contribution in [2.45, 2.75) is 162 Å². The number of unbranched alkanes of at least 4 members (excludes halogenated alkanes) is 3. The Kier molecular flexibility index (Phi) is 33.5. The highest BCUT2D eigenvalue weighted by Gasteiger charge is 2.27. The highest BCUT2D eigenvalue weighted by atomic mass is 32.2. The van der Waals surface area contributed by atoms with Crippen LogP contribution >= 0.6 is 0 Å². The second-order valence-corrected chi connectivity index (χ2v) is 28.5. The van der Waals surface area contributed by atoms with Gasteiger partial charge in [-0.1, -0.05) is 72.8 Å². The van der Waals surface area contributed by atoms with Gasteiger partial charge in [-0.25, -0.2) is 40.2 Å². The molecule has 3 aliphatic heterocycles. The molecule has 2 amide bonds. The molecule has 0 bridgehead atoms. The third-order valence-corrected chi connectivity index (χ3v) is 20.1. The molecule has 30 heteroatoms. The summed E-state index contributed by atoms with van der Waals surface area (Å²) in [5.74, 6) is -0.345. The van der Waals surface area contributed by atoms with Crippen molar-refractivity contribution in [2.24, 2.45) is 5.73 Å². The Labute approximate surface area is 573 Å². The third-order valence-electron chi connectivity index (χ3n) is 15.7. The molecule has 3 atom stereocenters. The highest BCUT2D eigenvalue weighted by molar-refractivity contribution is 7.90. The zero-order chi connectivity index (χ0) is 70.2. The number of hydrogen-bond acceptors (Lipinski definition) is 19. The van der Waals surface area contributed by atoms with Gasteiger partial charge in [-0.2, -0.15) is 14.2 Å². The van der Waals surface area contributed by atoms with Gasteiger partial charge < -0.3 is 48.0 Å². The lowest BCUT2D eigenvalue weighted by Crippen LogP contribution is -2.48. The summed E-state index contributed by atoms with van der Waals surface area (Å²) in [5.41, 5.74) is 12.1. The van der Waals surface area contributed by atoms with Crippen molar-refractivity contribution in [2.75, 3.05) is 55.2 Å². The van der Waals surface area contributed by atoms with E-state index in [4.69, 9.17) is 10.8 Å². The number of rotatable bonds is 32. The number of carbonyl (C=O) groups is 6. The van der Waals surface area contributed by atoms with Gasteiger partial charge in [0.05, 0.1) is 26.8 Å². The van der Waals surface area contributed by atoms with E-state index in [-0.39, 0.29) is 76.0 Å². The number of fused-ring (bicyclic) bond motifs is 3. The first-order valence-corrected chi connectivity index (χ1v) is 37.0. The third kappa shape index (κ3) is 27.7. The Morgan fingerprint density at radius 2 is 0.765 bits per heavy atom. The van der Waals surface area contributed by atoms with Gasteiger partial charge in [-0.15, -0.1) is 0 Å². The van der Waals surface area contributed by atoms with Crippen molar-refractivity contribution in [3.05, 3.63) is 161 Å². The predicted octanol–water partition coefficient (Wildman–Crippen LogP) is 5.20. The van der Waals surface area contributed by atoms with Gasteiger partial charge in [0.15, 0.2) is 0 Å². The summed E-state index contributed by atoms with van der Waals surface area (Å²) in [6.45, 7) is 5.01. The van der Waals surface area contributed by atoms with Crippen LogP contribution in [0.15, 0.2) is 142 Å². The van der Waals surface area contributed by atoms with Gasteiger partial charge in [-0.05, 0) is 181 Å². The smallest absolute Gasteiger partial charge is 0.323 e. The fraction of sp³-hybridized carbons (Fsp3) is 0.426. The Morgan fingerprint density at radius 3 is 1.08 bits per heavy atom. The zero-order valence-corrected chi connectivity index (χ0v) is 57.7. The first-order chi connectivity index (χ1) is 46.4. The van der Waals surface area contributed by atoms with Crippen LogP contribution in [-0.4, -0.2) is 149 Å². The number of anilines is 3. The van der Waals surface area contributed by atoms with Gasteiger partial charge in [0, 0.05) is 75.6 Å². The van der Waals surface area contributed by atoms with E-state index in [1.165, 1.54) is 73.4 Å². The molecule has 0 saturated carbocycles. The number of sulfonamides is 3. The summed E-state index contributed by atoms with van der Waals surface area (Å²) in [4.78, 5) is 83.1. The lowest BCUT2D eigenvalue weighted by Gasteiger charge is -2.17. The average molecular weight is 1410 g/mol. The van der Waals surface area contributed by atoms with Crippen LogP contribution in [0, 0.1) is 0 Å². The molecule has 6 heterocycles. The number of carboxylic acids is 2. The largest absolute Gasteiger partial charge is 0.481 e. The van der Waals surface area contributed by atoms with Crippen LogP contribution in [0.2, 0.25) is 0 Å². The Bertz CT molecular complexity index is 3750. The Balaban J connectivity index is 0.000000246. The number of aliphatic carboxylic acids is 2. The fourth-order valence-corrected chi connectivity index (χ4v) is 14.0. The SMILES string of the molecule is CC(=O)C(CN)NS(=O)(=O)c1ccccc1.CC(=O)C(CNC(=O)CCCCc1ccc2c(n1)NCCC2)NS(=O)(=O)c1ccccc1.O.O=C(CCCCc1ccc2c(n1)NCCC2)NCC(NS(=O)(=O)c1ccccc1)C(=O)O.O=C(O)CCCCc1ccc2c(n1)NCCC2. The number of aromatic nitrogens is 3. The maximum Gasteiger partial charge on any atom is 0.323 e. The molecule has 3 aromatic carbocycles. The van der Waals surface area contributed by atoms with E-state index < -0.39 is 60.1 Å². The lowest BCUT2D eigenvalue weighted by molar-refractivity contribution is -0.139. The van der Waals surface area contributed by atoms with Gasteiger partial charge in [-0.3, -0.25) is 28.8 Å². The summed E-state index contributed by atoms with van der Waals surface area (Å²) in [7, 11) is -11.5. The topological polar surface area (TPSA) is 438 Å². The van der Waals surface area contributed by atoms with Crippen molar-refractivity contribution >= 4 is 82.8 Å². The van der Waals surface area contributed by atoms with Gasteiger partial charge in [0.2, 0.25) is 41.9 Å². The van der Waals surface area contributed by atoms with E-state index in [2.05, 4.69) is 80.0 Å². The second kappa shape index (κ2) is 40.9. The van der Waals surface area contributed by atoms with Crippen LogP contribution in [0.5, 0.6) is 0 Å². The minimum Gasteiger partial charge on any atom is -0.481 e. The summed E-state index contributed by atoms with van der Waals surface area (Å²) in [5, 5.41) is 33.0. The first-order valence-electron chi connectivity index (χ1n) is 32.5. The fourth-order valence-electron chi connectivity index (χ4n) is 10.2. The van der Waals surface area contributed by atoms with Gasteiger partial charge in [0.1, 0.15) is 35.1 Å². The molecule has 6 aromatic rings. The van der Waals surface area contributed by atoms with E-state index in [0.29, 0.717) is 19.3 Å². The van der Waals surface area contributed by atoms with Crippen LogP contribution in [-0.2, 0) is 97.4 Å². The number of carboxylic acid groups (broad SMARTS) is 2. The van der Waals surface area contributed by atoms with E-state index >= 15 is 0 Å². The Morgan fingerprint density at radius 1 is 0.449 bits per heavy atom. The van der Waals surface area contributed by atoms with Crippen LogP contribution in [0.25, 0.3) is 0 Å². The predicted molar refractivity (Wildman–Crippen MR) is 373 cm³/mol. The number of pyridine rings is 3. The number of aryl methyl sites for hydroxylation is 6. The standard InChI is InChI=1S/C23H30N4O4S.C22H28N4O5S.C13H18N2O2.C10H14N2O3S.H2O/c1-17(28)21(27-32(30,31)20-10-3-2-4-11-20)16-25-22(29)12-6-5-9-19-14-13-18-8-7-15-24-23(18)26-19;27-20(11-5-4-8-17-13-12-16-7-6-14-23-21(16)25-17)24-15-19(22(28)29)26-32(30,31)18-9-2-1-3-10-18;16-12(17)6-2-1-5-11-8-7-10-4-3-9-14-13(10)15-11;1-8(13)10(7-11)12-16(14,15)9-5-3-2-4-6-9;/h2-4,10-11,13-14,21,27H,5-9,12,15-16H2,1H3,(H,24,26)(H,25,29);1-3,9-10,12-13,19,26H,4-8,11,14-15H2,(H,23,25)(H,24,27)(H,28,29);7-8H,1-6,9H2,(H,14,15)(H,16,17);2-6,10,12H,7,11H2,1H3;1H2. The number of nitrogens with one attached hydrogen (secondary N) is 8. The second-order valence-electron chi connectivity index (χ2n) is 23.4. The molecule has 0 saturated heterocycles. The van der Waals surface area contributed by atoms with Crippen molar-refractivity contribution in [1.82, 2.24) is 39.8 Å². The molecule has 9 rings (SSSR count). The number of benzene rings is 3. The normalized spacial score (nSPS) is 13.8.